The second kappa shape index (κ2) is 9.18. The second-order valence-corrected chi connectivity index (χ2v) is 8.12. The van der Waals surface area contributed by atoms with Gasteiger partial charge in [-0.25, -0.2) is 0 Å². The van der Waals surface area contributed by atoms with Crippen molar-refractivity contribution >= 4 is 29.3 Å². The number of rotatable bonds is 6. The van der Waals surface area contributed by atoms with Gasteiger partial charge in [0.25, 0.3) is 5.91 Å². The third-order valence-corrected chi connectivity index (χ3v) is 5.99. The lowest BCUT2D eigenvalue weighted by Crippen LogP contribution is -2.38. The van der Waals surface area contributed by atoms with E-state index in [1.807, 2.05) is 49.4 Å². The number of benzene rings is 2. The second-order valence-electron chi connectivity index (χ2n) is 8.12. The molecule has 7 heteroatoms. The van der Waals surface area contributed by atoms with Crippen LogP contribution in [0.15, 0.2) is 66.7 Å². The summed E-state index contributed by atoms with van der Waals surface area (Å²) in [7, 11) is 0. The van der Waals surface area contributed by atoms with E-state index in [1.54, 1.807) is 24.3 Å². The van der Waals surface area contributed by atoms with E-state index in [0.29, 0.717) is 24.1 Å². The van der Waals surface area contributed by atoms with Gasteiger partial charge in [0.15, 0.2) is 0 Å². The fraction of sp³-hybridized carbons (Fsp3) is 0.280. The molecule has 0 saturated carbocycles. The van der Waals surface area contributed by atoms with Gasteiger partial charge < -0.3 is 10.6 Å². The highest BCUT2D eigenvalue weighted by atomic mass is 16.2. The lowest BCUT2D eigenvalue weighted by atomic mass is 9.85. The Morgan fingerprint density at radius 3 is 2.19 bits per heavy atom. The van der Waals surface area contributed by atoms with Crippen molar-refractivity contribution in [2.75, 3.05) is 11.9 Å². The number of fused-ring (bicyclic) bond motifs is 1. The highest BCUT2D eigenvalue weighted by Crippen LogP contribution is 2.34. The fourth-order valence-corrected chi connectivity index (χ4v) is 4.25. The number of anilines is 1. The minimum atomic E-state index is -0.519. The van der Waals surface area contributed by atoms with E-state index < -0.39 is 5.91 Å². The molecule has 3 unspecified atom stereocenters. The van der Waals surface area contributed by atoms with Crippen LogP contribution in [0.25, 0.3) is 0 Å². The zero-order chi connectivity index (χ0) is 22.7. The maximum Gasteiger partial charge on any atom is 0.253 e. The highest BCUT2D eigenvalue weighted by Gasteiger charge is 2.47. The van der Waals surface area contributed by atoms with Gasteiger partial charge in [-0.15, -0.1) is 0 Å². The van der Waals surface area contributed by atoms with Crippen LogP contribution in [0.2, 0.25) is 0 Å². The Labute approximate surface area is 186 Å². The van der Waals surface area contributed by atoms with Crippen molar-refractivity contribution in [3.8, 4) is 0 Å². The summed E-state index contributed by atoms with van der Waals surface area (Å²) in [6, 6.07) is 16.0. The molecule has 1 fully saturated rings. The van der Waals surface area contributed by atoms with Gasteiger partial charge in [0.2, 0.25) is 17.7 Å². The van der Waals surface area contributed by atoms with Gasteiger partial charge in [0.05, 0.1) is 29.1 Å². The molecule has 2 aromatic rings. The number of nitrogens with zero attached hydrogens (tertiary/aromatic N) is 1. The summed E-state index contributed by atoms with van der Waals surface area (Å²) in [5.41, 5.74) is 1.60. The summed E-state index contributed by atoms with van der Waals surface area (Å²) in [5.74, 6) is -2.21. The Bertz CT molecular complexity index is 1050. The minimum Gasteiger partial charge on any atom is -0.345 e. The Morgan fingerprint density at radius 2 is 1.53 bits per heavy atom. The first-order valence-corrected chi connectivity index (χ1v) is 10.7. The van der Waals surface area contributed by atoms with Crippen molar-refractivity contribution in [2.24, 2.45) is 11.8 Å². The lowest BCUT2D eigenvalue weighted by Gasteiger charge is -2.18. The SMILES string of the molecule is CC(NC(=O)c1ccccc1NC(=O)CN1C(=O)C2CC=CCC2C1=O)c1ccccc1. The summed E-state index contributed by atoms with van der Waals surface area (Å²) in [6.45, 7) is 1.52. The number of para-hydroxylation sites is 1. The summed E-state index contributed by atoms with van der Waals surface area (Å²) >= 11 is 0. The van der Waals surface area contributed by atoms with E-state index in [-0.39, 0.29) is 42.1 Å². The molecule has 164 valence electrons. The van der Waals surface area contributed by atoms with E-state index in [1.165, 1.54) is 0 Å². The predicted molar refractivity (Wildman–Crippen MR) is 119 cm³/mol. The number of hydrogen-bond donors (Lipinski definition) is 2. The number of nitrogens with one attached hydrogen (secondary N) is 2. The summed E-state index contributed by atoms with van der Waals surface area (Å²) in [4.78, 5) is 51.8. The maximum absolute atomic E-state index is 12.9. The van der Waals surface area contributed by atoms with Crippen LogP contribution in [0.5, 0.6) is 0 Å². The summed E-state index contributed by atoms with van der Waals surface area (Å²) in [5, 5.41) is 5.62. The smallest absolute Gasteiger partial charge is 0.253 e. The number of likely N-dealkylation sites (tertiary alicyclic amines) is 1. The number of carbonyl (C=O) groups is 4. The molecular weight excluding hydrogens is 406 g/mol. The average molecular weight is 431 g/mol. The van der Waals surface area contributed by atoms with E-state index >= 15 is 0 Å². The van der Waals surface area contributed by atoms with E-state index in [0.717, 1.165) is 10.5 Å². The Hall–Kier alpha value is -3.74. The lowest BCUT2D eigenvalue weighted by molar-refractivity contribution is -0.142. The Morgan fingerprint density at radius 1 is 0.938 bits per heavy atom. The van der Waals surface area contributed by atoms with Crippen LogP contribution in [-0.2, 0) is 14.4 Å². The molecule has 2 aromatic carbocycles. The van der Waals surface area contributed by atoms with E-state index in [9.17, 15) is 19.2 Å². The highest BCUT2D eigenvalue weighted by molar-refractivity contribution is 6.10. The number of imide groups is 1. The topological polar surface area (TPSA) is 95.6 Å². The van der Waals surface area contributed by atoms with Crippen LogP contribution >= 0.6 is 0 Å². The molecule has 0 spiro atoms. The van der Waals surface area contributed by atoms with Gasteiger partial charge in [0, 0.05) is 0 Å². The van der Waals surface area contributed by atoms with Crippen LogP contribution in [0.4, 0.5) is 5.69 Å². The van der Waals surface area contributed by atoms with E-state index in [4.69, 9.17) is 0 Å². The molecule has 1 saturated heterocycles. The van der Waals surface area contributed by atoms with Crippen molar-refractivity contribution in [1.82, 2.24) is 10.2 Å². The normalized spacial score (nSPS) is 20.6. The third kappa shape index (κ3) is 4.32. The van der Waals surface area contributed by atoms with Crippen LogP contribution in [0, 0.1) is 11.8 Å². The van der Waals surface area contributed by atoms with Crippen molar-refractivity contribution in [2.45, 2.75) is 25.8 Å². The molecule has 3 atom stereocenters. The monoisotopic (exact) mass is 431 g/mol. The third-order valence-electron chi connectivity index (χ3n) is 5.99. The molecule has 2 aliphatic rings. The molecule has 2 N–H and O–H groups in total. The first-order valence-electron chi connectivity index (χ1n) is 10.7. The Balaban J connectivity index is 1.43. The summed E-state index contributed by atoms with van der Waals surface area (Å²) in [6.07, 6.45) is 4.86. The fourth-order valence-electron chi connectivity index (χ4n) is 4.25. The predicted octanol–water partition coefficient (Wildman–Crippen LogP) is 3.07. The average Bonchev–Trinajstić information content (AvgIpc) is 3.05. The molecule has 1 aliphatic carbocycles. The van der Waals surface area contributed by atoms with Gasteiger partial charge in [0.1, 0.15) is 6.54 Å². The van der Waals surface area contributed by atoms with Crippen molar-refractivity contribution in [3.63, 3.8) is 0 Å². The molecule has 4 rings (SSSR count). The van der Waals surface area contributed by atoms with Crippen LogP contribution in [0.1, 0.15) is 41.7 Å². The standard InChI is InChI=1S/C25H25N3O4/c1-16(17-9-3-2-4-10-17)26-23(30)20-13-7-8-14-21(20)27-22(29)15-28-24(31)18-11-5-6-12-19(18)25(28)32/h2-10,13-14,16,18-19H,11-12,15H2,1H3,(H,26,30)(H,27,29). The van der Waals surface area contributed by atoms with Gasteiger partial charge in [-0.05, 0) is 37.5 Å². The number of hydrogen-bond acceptors (Lipinski definition) is 4. The molecule has 0 aromatic heterocycles. The number of carbonyl (C=O) groups excluding carboxylic acids is 4. The first kappa shape index (κ1) is 21.5. The molecule has 32 heavy (non-hydrogen) atoms. The molecule has 0 radical (unpaired) electrons. The maximum atomic E-state index is 12.9. The molecular formula is C25H25N3O4. The summed E-state index contributed by atoms with van der Waals surface area (Å²) < 4.78 is 0. The van der Waals surface area contributed by atoms with Crippen LogP contribution in [-0.4, -0.2) is 35.1 Å². The largest absolute Gasteiger partial charge is 0.345 e. The molecule has 7 nitrogen and oxygen atoms in total. The zero-order valence-electron chi connectivity index (χ0n) is 17.8. The van der Waals surface area contributed by atoms with Crippen molar-refractivity contribution in [1.29, 1.82) is 0 Å². The van der Waals surface area contributed by atoms with Crippen LogP contribution in [0.3, 0.4) is 0 Å². The molecule has 4 amide bonds. The molecule has 0 bridgehead atoms. The van der Waals surface area contributed by atoms with E-state index in [2.05, 4.69) is 10.6 Å². The van der Waals surface area contributed by atoms with Gasteiger partial charge >= 0.3 is 0 Å². The molecule has 1 aliphatic heterocycles. The number of allylic oxidation sites excluding steroid dienone is 2. The minimum absolute atomic E-state index is 0.218. The van der Waals surface area contributed by atoms with Crippen LogP contribution < -0.4 is 10.6 Å². The number of amides is 4. The van der Waals surface area contributed by atoms with Crippen molar-refractivity contribution in [3.05, 3.63) is 77.9 Å². The van der Waals surface area contributed by atoms with Crippen molar-refractivity contribution < 1.29 is 19.2 Å². The van der Waals surface area contributed by atoms with Gasteiger partial charge in [-0.2, -0.15) is 0 Å². The van der Waals surface area contributed by atoms with Gasteiger partial charge in [-0.1, -0.05) is 54.6 Å². The van der Waals surface area contributed by atoms with Gasteiger partial charge in [-0.3, -0.25) is 24.1 Å². The quantitative estimate of drug-likeness (QED) is 0.543. The molecule has 1 heterocycles. The zero-order valence-corrected chi connectivity index (χ0v) is 17.8. The first-order chi connectivity index (χ1) is 15.5. The Kier molecular flexibility index (Phi) is 6.16.